The van der Waals surface area contributed by atoms with E-state index in [1.807, 2.05) is 24.3 Å². The lowest BCUT2D eigenvalue weighted by molar-refractivity contribution is -0.121. The lowest BCUT2D eigenvalue weighted by atomic mass is 10.2. The number of aromatic amines is 1. The van der Waals surface area contributed by atoms with Gasteiger partial charge in [-0.05, 0) is 12.1 Å². The van der Waals surface area contributed by atoms with Gasteiger partial charge >= 0.3 is 5.69 Å². The molecule has 7 nitrogen and oxygen atoms in total. The van der Waals surface area contributed by atoms with Gasteiger partial charge in [-0.3, -0.25) is 9.36 Å². The molecule has 0 fully saturated rings. The Labute approximate surface area is 142 Å². The van der Waals surface area contributed by atoms with Crippen LogP contribution in [0.5, 0.6) is 0 Å². The molecule has 0 saturated heterocycles. The van der Waals surface area contributed by atoms with Crippen LogP contribution >= 0.6 is 0 Å². The fourth-order valence-electron chi connectivity index (χ4n) is 3.15. The van der Waals surface area contributed by atoms with E-state index in [-0.39, 0.29) is 12.5 Å². The quantitative estimate of drug-likeness (QED) is 0.579. The van der Waals surface area contributed by atoms with Crippen LogP contribution in [0.4, 0.5) is 0 Å². The summed E-state index contributed by atoms with van der Waals surface area (Å²) in [6, 6.07) is 16.5. The number of fused-ring (bicyclic) bond motifs is 3. The van der Waals surface area contributed by atoms with E-state index in [1.54, 1.807) is 0 Å². The maximum atomic E-state index is 12.0. The summed E-state index contributed by atoms with van der Waals surface area (Å²) in [6.07, 6.45) is 1.31. The largest absolute Gasteiger partial charge is 0.353 e. The smallest absolute Gasteiger partial charge is 0.343 e. The molecule has 4 rings (SSSR count). The zero-order chi connectivity index (χ0) is 17.2. The second-order valence-electron chi connectivity index (χ2n) is 5.83. The number of para-hydroxylation sites is 2. The zero-order valence-electron chi connectivity index (χ0n) is 13.5. The Hall–Kier alpha value is -3.35. The van der Waals surface area contributed by atoms with Crippen molar-refractivity contribution in [1.29, 1.82) is 0 Å². The third kappa shape index (κ3) is 2.80. The third-order valence-electron chi connectivity index (χ3n) is 4.27. The Morgan fingerprint density at radius 1 is 1.04 bits per heavy atom. The van der Waals surface area contributed by atoms with Crippen LogP contribution in [0.3, 0.4) is 0 Å². The molecule has 0 aliphatic rings. The first kappa shape index (κ1) is 15.2. The molecule has 0 aliphatic heterocycles. The van der Waals surface area contributed by atoms with Gasteiger partial charge < -0.3 is 9.88 Å². The van der Waals surface area contributed by atoms with E-state index >= 15 is 0 Å². The number of nitrogens with zero attached hydrogens (tertiary/aromatic N) is 3. The first-order valence-corrected chi connectivity index (χ1v) is 8.06. The molecule has 25 heavy (non-hydrogen) atoms. The van der Waals surface area contributed by atoms with Crippen molar-refractivity contribution in [3.63, 3.8) is 0 Å². The lowest BCUT2D eigenvalue weighted by Gasteiger charge is -2.09. The number of amides is 1. The van der Waals surface area contributed by atoms with Crippen LogP contribution in [0.25, 0.3) is 21.8 Å². The van der Waals surface area contributed by atoms with Gasteiger partial charge in [-0.25, -0.2) is 9.89 Å². The summed E-state index contributed by atoms with van der Waals surface area (Å²) in [7, 11) is 0. The minimum absolute atomic E-state index is 0.0392. The van der Waals surface area contributed by atoms with E-state index in [4.69, 9.17) is 0 Å². The minimum atomic E-state index is -0.391. The average molecular weight is 335 g/mol. The molecule has 0 saturated carbocycles. The molecule has 0 spiro atoms. The van der Waals surface area contributed by atoms with E-state index in [0.29, 0.717) is 13.1 Å². The van der Waals surface area contributed by atoms with Crippen LogP contribution in [0.2, 0.25) is 0 Å². The Balaban J connectivity index is 1.52. The van der Waals surface area contributed by atoms with Crippen LogP contribution in [0.15, 0.2) is 59.7 Å². The number of rotatable bonds is 5. The summed E-state index contributed by atoms with van der Waals surface area (Å²) in [6.45, 7) is 1.09. The Bertz CT molecular complexity index is 1050. The predicted octanol–water partition coefficient (Wildman–Crippen LogP) is 1.50. The highest BCUT2D eigenvalue weighted by Crippen LogP contribution is 2.28. The fraction of sp³-hybridized carbons (Fsp3) is 0.167. The molecular formula is C18H17N5O2. The monoisotopic (exact) mass is 335 g/mol. The molecule has 1 amide bonds. The lowest BCUT2D eigenvalue weighted by Crippen LogP contribution is -2.33. The number of nitrogens with one attached hydrogen (secondary N) is 2. The van der Waals surface area contributed by atoms with Crippen LogP contribution in [0, 0.1) is 0 Å². The van der Waals surface area contributed by atoms with Gasteiger partial charge in [0, 0.05) is 34.9 Å². The molecule has 2 aromatic heterocycles. The molecule has 0 radical (unpaired) electrons. The standard InChI is InChI=1S/C18H17N5O2/c24-17(11-22-12-20-21-18(22)25)19-9-10-23-15-7-3-1-5-13(15)14-6-2-4-8-16(14)23/h1-8,12H,9-11H2,(H,19,24)(H,21,25). The number of carbonyl (C=O) groups is 1. The SMILES string of the molecule is O=C(Cn1cn[nH]c1=O)NCCn1c2ccccc2c2ccccc21. The Morgan fingerprint density at radius 3 is 2.28 bits per heavy atom. The van der Waals surface area contributed by atoms with Crippen molar-refractivity contribution in [2.75, 3.05) is 6.54 Å². The van der Waals surface area contributed by atoms with Crippen molar-refractivity contribution in [3.8, 4) is 0 Å². The van der Waals surface area contributed by atoms with Crippen molar-refractivity contribution in [1.82, 2.24) is 24.6 Å². The molecule has 0 aliphatic carbocycles. The molecule has 4 aromatic rings. The van der Waals surface area contributed by atoms with Crippen molar-refractivity contribution in [2.45, 2.75) is 13.1 Å². The van der Waals surface area contributed by atoms with Gasteiger partial charge in [-0.2, -0.15) is 5.10 Å². The number of aromatic nitrogens is 4. The molecule has 0 unspecified atom stereocenters. The van der Waals surface area contributed by atoms with Gasteiger partial charge in [-0.15, -0.1) is 0 Å². The van der Waals surface area contributed by atoms with Gasteiger partial charge in [-0.1, -0.05) is 36.4 Å². The summed E-state index contributed by atoms with van der Waals surface area (Å²) in [5.74, 6) is -0.218. The molecular weight excluding hydrogens is 318 g/mol. The summed E-state index contributed by atoms with van der Waals surface area (Å²) in [4.78, 5) is 23.4. The molecule has 0 bridgehead atoms. The highest BCUT2D eigenvalue weighted by molar-refractivity contribution is 6.07. The van der Waals surface area contributed by atoms with Gasteiger partial charge in [0.05, 0.1) is 0 Å². The molecule has 7 heteroatoms. The molecule has 126 valence electrons. The summed E-state index contributed by atoms with van der Waals surface area (Å²) in [5, 5.41) is 11.1. The van der Waals surface area contributed by atoms with Crippen LogP contribution in [0.1, 0.15) is 0 Å². The van der Waals surface area contributed by atoms with E-state index < -0.39 is 5.69 Å². The van der Waals surface area contributed by atoms with E-state index in [0.717, 1.165) is 11.0 Å². The normalized spacial score (nSPS) is 11.2. The number of benzene rings is 2. The molecule has 2 aromatic carbocycles. The first-order chi connectivity index (χ1) is 12.2. The van der Waals surface area contributed by atoms with Gasteiger partial charge in [0.1, 0.15) is 12.9 Å². The van der Waals surface area contributed by atoms with E-state index in [1.165, 1.54) is 21.7 Å². The first-order valence-electron chi connectivity index (χ1n) is 8.06. The Kier molecular flexibility index (Phi) is 3.81. The van der Waals surface area contributed by atoms with Crippen molar-refractivity contribution >= 4 is 27.7 Å². The number of H-pyrrole nitrogens is 1. The molecule has 0 atom stereocenters. The summed E-state index contributed by atoms with van der Waals surface area (Å²) >= 11 is 0. The molecule has 2 N–H and O–H groups in total. The van der Waals surface area contributed by atoms with Crippen molar-refractivity contribution < 1.29 is 4.79 Å². The average Bonchev–Trinajstić information content (AvgIpc) is 3.17. The van der Waals surface area contributed by atoms with Gasteiger partial charge in [0.25, 0.3) is 0 Å². The van der Waals surface area contributed by atoms with Crippen LogP contribution < -0.4 is 11.0 Å². The fourth-order valence-corrected chi connectivity index (χ4v) is 3.15. The van der Waals surface area contributed by atoms with E-state index in [9.17, 15) is 9.59 Å². The minimum Gasteiger partial charge on any atom is -0.353 e. The Morgan fingerprint density at radius 2 is 1.68 bits per heavy atom. The predicted molar refractivity (Wildman–Crippen MR) is 95.3 cm³/mol. The number of hydrogen-bond donors (Lipinski definition) is 2. The second-order valence-corrected chi connectivity index (χ2v) is 5.83. The maximum absolute atomic E-state index is 12.0. The summed E-state index contributed by atoms with van der Waals surface area (Å²) < 4.78 is 3.44. The molecule has 2 heterocycles. The second kappa shape index (κ2) is 6.27. The van der Waals surface area contributed by atoms with E-state index in [2.05, 4.69) is 44.3 Å². The van der Waals surface area contributed by atoms with Crippen molar-refractivity contribution in [3.05, 3.63) is 65.3 Å². The van der Waals surface area contributed by atoms with Gasteiger partial charge in [0.15, 0.2) is 0 Å². The highest BCUT2D eigenvalue weighted by Gasteiger charge is 2.10. The summed E-state index contributed by atoms with van der Waals surface area (Å²) in [5.41, 5.74) is 1.89. The highest BCUT2D eigenvalue weighted by atomic mass is 16.2. The van der Waals surface area contributed by atoms with Crippen molar-refractivity contribution in [2.24, 2.45) is 0 Å². The zero-order valence-corrected chi connectivity index (χ0v) is 13.5. The van der Waals surface area contributed by atoms with Crippen LogP contribution in [-0.4, -0.2) is 31.8 Å². The van der Waals surface area contributed by atoms with Gasteiger partial charge in [0.2, 0.25) is 5.91 Å². The topological polar surface area (TPSA) is 84.7 Å². The number of carbonyl (C=O) groups excluding carboxylic acids is 1. The maximum Gasteiger partial charge on any atom is 0.343 e. The third-order valence-corrected chi connectivity index (χ3v) is 4.27. The van der Waals surface area contributed by atoms with Crippen LogP contribution in [-0.2, 0) is 17.9 Å². The number of hydrogen-bond acceptors (Lipinski definition) is 3.